The molecule has 1 saturated carbocycles. The fraction of sp³-hybridized carbons (Fsp3) is 0.600. The molecule has 2 aliphatic rings. The molecule has 0 radical (unpaired) electrons. The van der Waals surface area contributed by atoms with Crippen LogP contribution >= 0.6 is 11.6 Å². The molecule has 142 valence electrons. The minimum Gasteiger partial charge on any atom is -0.334 e. The first-order valence-corrected chi connectivity index (χ1v) is 9.87. The van der Waals surface area contributed by atoms with Gasteiger partial charge in [-0.3, -0.25) is 9.59 Å². The number of hydrogen-bond donors (Lipinski definition) is 1. The molecule has 0 spiro atoms. The quantitative estimate of drug-likeness (QED) is 0.856. The van der Waals surface area contributed by atoms with Crippen molar-refractivity contribution in [2.24, 2.45) is 11.1 Å². The number of benzene rings is 1. The highest BCUT2D eigenvalue weighted by atomic mass is 35.5. The van der Waals surface area contributed by atoms with Crippen LogP contribution in [0.4, 0.5) is 5.69 Å². The van der Waals surface area contributed by atoms with E-state index in [2.05, 4.69) is 0 Å². The van der Waals surface area contributed by atoms with E-state index in [0.717, 1.165) is 25.7 Å². The zero-order chi connectivity index (χ0) is 18.7. The maximum atomic E-state index is 12.9. The number of likely N-dealkylation sites (N-methyl/N-ethyl adjacent to an activating group) is 1. The SMILES string of the molecule is CN(C(=O)CC1(CN)CCCCC1)C1CCN(c2ccccc2Cl)C1=O. The van der Waals surface area contributed by atoms with Gasteiger partial charge in [-0.25, -0.2) is 0 Å². The summed E-state index contributed by atoms with van der Waals surface area (Å²) in [6, 6.07) is 6.91. The van der Waals surface area contributed by atoms with Gasteiger partial charge in [0.15, 0.2) is 0 Å². The van der Waals surface area contributed by atoms with Crippen molar-refractivity contribution in [3.8, 4) is 0 Å². The van der Waals surface area contributed by atoms with Crippen molar-refractivity contribution in [2.45, 2.75) is 51.0 Å². The predicted molar refractivity (Wildman–Crippen MR) is 104 cm³/mol. The Labute approximate surface area is 160 Å². The Morgan fingerprint density at radius 1 is 1.31 bits per heavy atom. The number of amides is 2. The number of para-hydroxylation sites is 1. The molecule has 0 bridgehead atoms. The van der Waals surface area contributed by atoms with E-state index in [9.17, 15) is 9.59 Å². The first kappa shape index (κ1) is 19.2. The predicted octanol–water partition coefficient (Wildman–Crippen LogP) is 3.20. The Balaban J connectivity index is 1.68. The van der Waals surface area contributed by atoms with E-state index in [1.165, 1.54) is 6.42 Å². The number of hydrogen-bond acceptors (Lipinski definition) is 3. The number of rotatable bonds is 5. The summed E-state index contributed by atoms with van der Waals surface area (Å²) in [5.74, 6) is -0.0314. The summed E-state index contributed by atoms with van der Waals surface area (Å²) in [5.41, 5.74) is 6.65. The van der Waals surface area contributed by atoms with E-state index in [-0.39, 0.29) is 17.2 Å². The van der Waals surface area contributed by atoms with Crippen molar-refractivity contribution in [1.82, 2.24) is 4.90 Å². The van der Waals surface area contributed by atoms with Crippen LogP contribution in [0.25, 0.3) is 0 Å². The van der Waals surface area contributed by atoms with Gasteiger partial charge in [-0.15, -0.1) is 0 Å². The maximum absolute atomic E-state index is 12.9. The van der Waals surface area contributed by atoms with Crippen molar-refractivity contribution in [3.63, 3.8) is 0 Å². The third-order valence-corrected chi connectivity index (χ3v) is 6.37. The molecule has 3 rings (SSSR count). The molecular weight excluding hydrogens is 350 g/mol. The average molecular weight is 378 g/mol. The Morgan fingerprint density at radius 2 is 2.00 bits per heavy atom. The monoisotopic (exact) mass is 377 g/mol. The summed E-state index contributed by atoms with van der Waals surface area (Å²) < 4.78 is 0. The third kappa shape index (κ3) is 3.74. The molecule has 1 aliphatic carbocycles. The second kappa shape index (κ2) is 7.97. The second-order valence-corrected chi connectivity index (χ2v) is 8.10. The van der Waals surface area contributed by atoms with Gasteiger partial charge in [-0.2, -0.15) is 0 Å². The third-order valence-electron chi connectivity index (χ3n) is 6.05. The Kier molecular flexibility index (Phi) is 5.88. The fourth-order valence-electron chi connectivity index (χ4n) is 4.31. The summed E-state index contributed by atoms with van der Waals surface area (Å²) in [5, 5.41) is 0.555. The molecule has 0 aromatic heterocycles. The van der Waals surface area contributed by atoms with E-state index in [0.29, 0.717) is 36.6 Å². The highest BCUT2D eigenvalue weighted by Gasteiger charge is 2.40. The topological polar surface area (TPSA) is 66.6 Å². The van der Waals surface area contributed by atoms with Crippen molar-refractivity contribution in [1.29, 1.82) is 0 Å². The van der Waals surface area contributed by atoms with E-state index < -0.39 is 6.04 Å². The van der Waals surface area contributed by atoms with Gasteiger partial charge in [-0.1, -0.05) is 43.0 Å². The van der Waals surface area contributed by atoms with Crippen molar-refractivity contribution < 1.29 is 9.59 Å². The first-order chi connectivity index (χ1) is 12.5. The van der Waals surface area contributed by atoms with Gasteiger partial charge in [-0.05, 0) is 43.4 Å². The van der Waals surface area contributed by atoms with Crippen LogP contribution in [-0.2, 0) is 9.59 Å². The van der Waals surface area contributed by atoms with Crippen molar-refractivity contribution in [3.05, 3.63) is 29.3 Å². The zero-order valence-electron chi connectivity index (χ0n) is 15.4. The van der Waals surface area contributed by atoms with Crippen LogP contribution in [0.5, 0.6) is 0 Å². The van der Waals surface area contributed by atoms with Crippen LogP contribution in [0.3, 0.4) is 0 Å². The molecule has 5 nitrogen and oxygen atoms in total. The molecule has 1 aliphatic heterocycles. The minimum atomic E-state index is -0.419. The van der Waals surface area contributed by atoms with Gasteiger partial charge < -0.3 is 15.5 Å². The standard InChI is InChI=1S/C20H28ClN3O2/c1-23(18(25)13-20(14-22)10-5-2-6-11-20)17-9-12-24(19(17)26)16-8-4-3-7-15(16)21/h3-4,7-8,17H,2,5-6,9-14,22H2,1H3. The maximum Gasteiger partial charge on any atom is 0.249 e. The summed E-state index contributed by atoms with van der Waals surface area (Å²) in [7, 11) is 1.74. The number of carbonyl (C=O) groups is 2. The molecule has 1 aromatic rings. The van der Waals surface area contributed by atoms with Crippen LogP contribution in [0, 0.1) is 5.41 Å². The molecular formula is C20H28ClN3O2. The highest BCUT2D eigenvalue weighted by Crippen LogP contribution is 2.39. The van der Waals surface area contributed by atoms with Gasteiger partial charge in [0.1, 0.15) is 6.04 Å². The van der Waals surface area contributed by atoms with Gasteiger partial charge in [0.2, 0.25) is 11.8 Å². The Morgan fingerprint density at radius 3 is 2.65 bits per heavy atom. The minimum absolute atomic E-state index is 0.0247. The van der Waals surface area contributed by atoms with Crippen LogP contribution in [0.2, 0.25) is 5.02 Å². The van der Waals surface area contributed by atoms with Gasteiger partial charge >= 0.3 is 0 Å². The molecule has 1 aromatic carbocycles. The number of anilines is 1. The molecule has 2 fully saturated rings. The second-order valence-electron chi connectivity index (χ2n) is 7.69. The molecule has 1 saturated heterocycles. The number of halogens is 1. The Bertz CT molecular complexity index is 673. The van der Waals surface area contributed by atoms with E-state index in [1.807, 2.05) is 18.2 Å². The number of nitrogens with zero attached hydrogens (tertiary/aromatic N) is 2. The lowest BCUT2D eigenvalue weighted by Crippen LogP contribution is -2.46. The lowest BCUT2D eigenvalue weighted by atomic mass is 9.71. The molecule has 26 heavy (non-hydrogen) atoms. The van der Waals surface area contributed by atoms with Crippen molar-refractivity contribution in [2.75, 3.05) is 25.0 Å². The molecule has 6 heteroatoms. The molecule has 2 N–H and O–H groups in total. The van der Waals surface area contributed by atoms with Crippen LogP contribution in [-0.4, -0.2) is 42.9 Å². The fourth-order valence-corrected chi connectivity index (χ4v) is 4.55. The van der Waals surface area contributed by atoms with Gasteiger partial charge in [0.25, 0.3) is 0 Å². The Hall–Kier alpha value is -1.59. The van der Waals surface area contributed by atoms with Gasteiger partial charge in [0, 0.05) is 20.0 Å². The highest BCUT2D eigenvalue weighted by molar-refractivity contribution is 6.34. The molecule has 1 atom stereocenters. The summed E-state index contributed by atoms with van der Waals surface area (Å²) in [6.45, 7) is 1.11. The average Bonchev–Trinajstić information content (AvgIpc) is 3.03. The smallest absolute Gasteiger partial charge is 0.249 e. The zero-order valence-corrected chi connectivity index (χ0v) is 16.2. The summed E-state index contributed by atoms with van der Waals surface area (Å²) >= 11 is 6.24. The molecule has 1 heterocycles. The normalized spacial score (nSPS) is 22.5. The molecule has 1 unspecified atom stereocenters. The van der Waals surface area contributed by atoms with E-state index in [1.54, 1.807) is 22.9 Å². The van der Waals surface area contributed by atoms with Crippen LogP contribution in [0.15, 0.2) is 24.3 Å². The molecule has 2 amide bonds. The first-order valence-electron chi connectivity index (χ1n) is 9.49. The van der Waals surface area contributed by atoms with Crippen LogP contribution < -0.4 is 10.6 Å². The lowest BCUT2D eigenvalue weighted by Gasteiger charge is -2.37. The van der Waals surface area contributed by atoms with Crippen molar-refractivity contribution >= 4 is 29.1 Å². The largest absolute Gasteiger partial charge is 0.334 e. The number of carbonyl (C=O) groups excluding carboxylic acids is 2. The number of nitrogens with two attached hydrogens (primary N) is 1. The summed E-state index contributed by atoms with van der Waals surface area (Å²) in [6.07, 6.45) is 6.58. The van der Waals surface area contributed by atoms with E-state index >= 15 is 0 Å². The van der Waals surface area contributed by atoms with E-state index in [4.69, 9.17) is 17.3 Å². The van der Waals surface area contributed by atoms with Gasteiger partial charge in [0.05, 0.1) is 10.7 Å². The van der Waals surface area contributed by atoms with Crippen LogP contribution in [0.1, 0.15) is 44.9 Å². The summed E-state index contributed by atoms with van der Waals surface area (Å²) in [4.78, 5) is 29.1. The lowest BCUT2D eigenvalue weighted by molar-refractivity contribution is -0.139.